The predicted molar refractivity (Wildman–Crippen MR) is 75.1 cm³/mol. The summed E-state index contributed by atoms with van der Waals surface area (Å²) in [7, 11) is 0. The number of rotatable bonds is 7. The van der Waals surface area contributed by atoms with Crippen molar-refractivity contribution in [2.24, 2.45) is 0 Å². The van der Waals surface area contributed by atoms with Crippen molar-refractivity contribution in [3.63, 3.8) is 0 Å². The summed E-state index contributed by atoms with van der Waals surface area (Å²) in [5, 5.41) is 3.19. The summed E-state index contributed by atoms with van der Waals surface area (Å²) in [6.07, 6.45) is 0.804. The third-order valence-electron chi connectivity index (χ3n) is 2.70. The Morgan fingerprint density at radius 3 is 2.68 bits per heavy atom. The molecule has 2 nitrogen and oxygen atoms in total. The summed E-state index contributed by atoms with van der Waals surface area (Å²) >= 11 is 2.99. The molecule has 1 N–H and O–H groups in total. The second kappa shape index (κ2) is 7.70. The van der Waals surface area contributed by atoms with Gasteiger partial charge in [-0.05, 0) is 41.0 Å². The first kappa shape index (κ1) is 16.2. The minimum atomic E-state index is -0.686. The number of hydrogen-bond acceptors (Lipinski definition) is 2. The van der Waals surface area contributed by atoms with Crippen LogP contribution in [-0.2, 0) is 11.2 Å². The van der Waals surface area contributed by atoms with Gasteiger partial charge in [-0.2, -0.15) is 0 Å². The highest BCUT2D eigenvalue weighted by Crippen LogP contribution is 2.22. The van der Waals surface area contributed by atoms with Gasteiger partial charge >= 0.3 is 0 Å². The molecule has 0 bridgehead atoms. The molecule has 1 aromatic carbocycles. The molecule has 0 aromatic heterocycles. The van der Waals surface area contributed by atoms with Crippen molar-refractivity contribution in [1.82, 2.24) is 5.32 Å². The van der Waals surface area contributed by atoms with Crippen LogP contribution in [-0.4, -0.2) is 18.4 Å². The van der Waals surface area contributed by atoms with Crippen LogP contribution in [0.1, 0.15) is 32.3 Å². The van der Waals surface area contributed by atoms with Gasteiger partial charge in [-0.1, -0.05) is 13.8 Å². The maximum absolute atomic E-state index is 13.7. The van der Waals surface area contributed by atoms with E-state index in [0.29, 0.717) is 18.9 Å². The van der Waals surface area contributed by atoms with E-state index in [4.69, 9.17) is 0 Å². The zero-order valence-electron chi connectivity index (χ0n) is 11.1. The molecule has 0 atom stereocenters. The van der Waals surface area contributed by atoms with Crippen LogP contribution in [0, 0.1) is 11.6 Å². The van der Waals surface area contributed by atoms with E-state index in [-0.39, 0.29) is 22.2 Å². The van der Waals surface area contributed by atoms with Gasteiger partial charge in [0.05, 0.1) is 4.47 Å². The Balaban J connectivity index is 2.51. The van der Waals surface area contributed by atoms with Gasteiger partial charge in [0.25, 0.3) is 0 Å². The molecule has 0 amide bonds. The molecule has 106 valence electrons. The number of nitrogens with one attached hydrogen (secondary N) is 1. The van der Waals surface area contributed by atoms with Crippen LogP contribution in [0.15, 0.2) is 16.6 Å². The molecule has 0 heterocycles. The first-order chi connectivity index (χ1) is 8.91. The van der Waals surface area contributed by atoms with E-state index in [1.54, 1.807) is 0 Å². The van der Waals surface area contributed by atoms with Gasteiger partial charge in [-0.3, -0.25) is 4.79 Å². The van der Waals surface area contributed by atoms with Crippen molar-refractivity contribution >= 4 is 21.7 Å². The van der Waals surface area contributed by atoms with Crippen LogP contribution in [0.4, 0.5) is 8.78 Å². The van der Waals surface area contributed by atoms with Crippen molar-refractivity contribution in [2.75, 3.05) is 6.54 Å². The molecular formula is C14H18BrF2NO. The number of halogens is 3. The fourth-order valence-corrected chi connectivity index (χ4v) is 2.06. The summed E-state index contributed by atoms with van der Waals surface area (Å²) in [6.45, 7) is 4.77. The van der Waals surface area contributed by atoms with Crippen molar-refractivity contribution < 1.29 is 13.6 Å². The van der Waals surface area contributed by atoms with Crippen LogP contribution in [0.2, 0.25) is 0 Å². The average Bonchev–Trinajstić information content (AvgIpc) is 2.35. The fourth-order valence-electron chi connectivity index (χ4n) is 1.69. The number of carbonyl (C=O) groups is 1. The minimum Gasteiger partial charge on any atom is -0.315 e. The highest BCUT2D eigenvalue weighted by atomic mass is 79.9. The van der Waals surface area contributed by atoms with Crippen molar-refractivity contribution in [3.05, 3.63) is 33.8 Å². The van der Waals surface area contributed by atoms with E-state index in [2.05, 4.69) is 21.2 Å². The van der Waals surface area contributed by atoms with Gasteiger partial charge in [0.1, 0.15) is 17.4 Å². The molecule has 0 aliphatic rings. The molecule has 19 heavy (non-hydrogen) atoms. The quantitative estimate of drug-likeness (QED) is 0.610. The molecule has 0 saturated heterocycles. The normalized spacial score (nSPS) is 11.1. The maximum atomic E-state index is 13.7. The summed E-state index contributed by atoms with van der Waals surface area (Å²) in [5.41, 5.74) is -0.156. The van der Waals surface area contributed by atoms with E-state index in [1.807, 2.05) is 13.8 Å². The SMILES string of the molecule is CC(C)NCCCC(=O)Cc1c(F)ccc(Br)c1F. The monoisotopic (exact) mass is 333 g/mol. The van der Waals surface area contributed by atoms with E-state index in [1.165, 1.54) is 6.07 Å². The molecule has 0 radical (unpaired) electrons. The Morgan fingerprint density at radius 2 is 2.05 bits per heavy atom. The second-order valence-corrected chi connectivity index (χ2v) is 5.60. The lowest BCUT2D eigenvalue weighted by Crippen LogP contribution is -2.24. The van der Waals surface area contributed by atoms with Crippen LogP contribution < -0.4 is 5.32 Å². The fraction of sp³-hybridized carbons (Fsp3) is 0.500. The molecule has 0 unspecified atom stereocenters. The Morgan fingerprint density at radius 1 is 1.37 bits per heavy atom. The van der Waals surface area contributed by atoms with E-state index in [0.717, 1.165) is 12.6 Å². The second-order valence-electron chi connectivity index (χ2n) is 4.75. The predicted octanol–water partition coefficient (Wildman–Crippen LogP) is 3.62. The van der Waals surface area contributed by atoms with Crippen molar-refractivity contribution in [3.8, 4) is 0 Å². The number of Topliss-reactive ketones (excluding diaryl/α,β-unsaturated/α-hetero) is 1. The zero-order valence-corrected chi connectivity index (χ0v) is 12.7. The Hall–Kier alpha value is -0.810. The number of hydrogen-bond donors (Lipinski definition) is 1. The van der Waals surface area contributed by atoms with Gasteiger partial charge in [-0.15, -0.1) is 0 Å². The first-order valence-corrected chi connectivity index (χ1v) is 7.08. The number of carbonyl (C=O) groups excluding carboxylic acids is 1. The largest absolute Gasteiger partial charge is 0.315 e. The maximum Gasteiger partial charge on any atom is 0.143 e. The molecule has 0 aliphatic heterocycles. The van der Waals surface area contributed by atoms with E-state index >= 15 is 0 Å². The summed E-state index contributed by atoms with van der Waals surface area (Å²) in [4.78, 5) is 11.7. The lowest BCUT2D eigenvalue weighted by Gasteiger charge is -2.08. The third-order valence-corrected chi connectivity index (χ3v) is 3.31. The summed E-state index contributed by atoms with van der Waals surface area (Å²) in [5.74, 6) is -1.51. The summed E-state index contributed by atoms with van der Waals surface area (Å²) < 4.78 is 27.3. The van der Waals surface area contributed by atoms with Crippen LogP contribution in [0.25, 0.3) is 0 Å². The molecule has 1 aromatic rings. The molecule has 1 rings (SSSR count). The molecule has 0 spiro atoms. The van der Waals surface area contributed by atoms with Gasteiger partial charge in [0, 0.05) is 24.4 Å². The molecule has 0 aliphatic carbocycles. The lowest BCUT2D eigenvalue weighted by molar-refractivity contribution is -0.118. The number of ketones is 1. The Bertz CT molecular complexity index is 449. The zero-order chi connectivity index (χ0) is 14.4. The lowest BCUT2D eigenvalue weighted by atomic mass is 10.0. The average molecular weight is 334 g/mol. The van der Waals surface area contributed by atoms with E-state index in [9.17, 15) is 13.6 Å². The highest BCUT2D eigenvalue weighted by molar-refractivity contribution is 9.10. The van der Waals surface area contributed by atoms with Crippen LogP contribution >= 0.6 is 15.9 Å². The molecule has 5 heteroatoms. The van der Waals surface area contributed by atoms with Crippen LogP contribution in [0.5, 0.6) is 0 Å². The van der Waals surface area contributed by atoms with Crippen molar-refractivity contribution in [2.45, 2.75) is 39.2 Å². The minimum absolute atomic E-state index is 0.151. The standard InChI is InChI=1S/C14H18BrF2NO/c1-9(2)18-7-3-4-10(19)8-11-13(16)6-5-12(15)14(11)17/h5-6,9,18H,3-4,7-8H2,1-2H3. The third kappa shape index (κ3) is 5.37. The highest BCUT2D eigenvalue weighted by Gasteiger charge is 2.15. The van der Waals surface area contributed by atoms with Gasteiger partial charge in [-0.25, -0.2) is 8.78 Å². The molecule has 0 saturated carbocycles. The molecular weight excluding hydrogens is 316 g/mol. The van der Waals surface area contributed by atoms with Gasteiger partial charge < -0.3 is 5.32 Å². The first-order valence-electron chi connectivity index (χ1n) is 6.29. The van der Waals surface area contributed by atoms with Gasteiger partial charge in [0.2, 0.25) is 0 Å². The smallest absolute Gasteiger partial charge is 0.143 e. The molecule has 0 fully saturated rings. The van der Waals surface area contributed by atoms with Gasteiger partial charge in [0.15, 0.2) is 0 Å². The Kier molecular flexibility index (Phi) is 6.58. The van der Waals surface area contributed by atoms with Crippen molar-refractivity contribution in [1.29, 1.82) is 0 Å². The van der Waals surface area contributed by atoms with E-state index < -0.39 is 11.6 Å². The Labute approximate surface area is 120 Å². The topological polar surface area (TPSA) is 29.1 Å². The van der Waals surface area contributed by atoms with Crippen LogP contribution in [0.3, 0.4) is 0 Å². The summed E-state index contributed by atoms with van der Waals surface area (Å²) in [6, 6.07) is 2.83. The number of benzene rings is 1.